The number of hydrogen-bond donors (Lipinski definition) is 0. The van der Waals surface area contributed by atoms with E-state index in [1.54, 1.807) is 0 Å². The summed E-state index contributed by atoms with van der Waals surface area (Å²) < 4.78 is 0. The molecule has 88 valence electrons. The first-order valence-electron chi connectivity index (χ1n) is 6.75. The van der Waals surface area contributed by atoms with Gasteiger partial charge in [0.25, 0.3) is 0 Å². The van der Waals surface area contributed by atoms with Crippen LogP contribution >= 0.6 is 6.04 Å². The van der Waals surface area contributed by atoms with Gasteiger partial charge in [-0.05, 0) is 49.2 Å². The van der Waals surface area contributed by atoms with Crippen LogP contribution in [0.15, 0.2) is 0 Å². The summed E-state index contributed by atoms with van der Waals surface area (Å²) in [6, 6.07) is -1.01. The van der Waals surface area contributed by atoms with Gasteiger partial charge in [-0.3, -0.25) is 0 Å². The molecule has 0 amide bonds. The lowest BCUT2D eigenvalue weighted by molar-refractivity contribution is 0.413. The molecule has 2 heteroatoms. The van der Waals surface area contributed by atoms with E-state index in [2.05, 4.69) is 6.92 Å². The fourth-order valence-electron chi connectivity index (χ4n) is 3.46. The molecule has 0 atom stereocenters. The van der Waals surface area contributed by atoms with E-state index in [0.717, 1.165) is 0 Å². The van der Waals surface area contributed by atoms with Gasteiger partial charge in [0.15, 0.2) is 0 Å². The van der Waals surface area contributed by atoms with Crippen LogP contribution in [0, 0.1) is 0 Å². The zero-order valence-electron chi connectivity index (χ0n) is 10.1. The minimum atomic E-state index is -1.01. The SMILES string of the molecule is CC1(P2(=S)CCCCCC2)CCCCC1. The highest BCUT2D eigenvalue weighted by Crippen LogP contribution is 2.65. The largest absolute Gasteiger partial charge is 0.0969 e. The van der Waals surface area contributed by atoms with Crippen LogP contribution < -0.4 is 0 Å². The molecule has 15 heavy (non-hydrogen) atoms. The molecule has 0 unspecified atom stereocenters. The molecule has 0 aromatic rings. The van der Waals surface area contributed by atoms with Crippen molar-refractivity contribution in [1.29, 1.82) is 0 Å². The Kier molecular flexibility index (Phi) is 3.94. The third-order valence-corrected chi connectivity index (χ3v) is 11.6. The minimum Gasteiger partial charge on any atom is -0.0969 e. The van der Waals surface area contributed by atoms with Crippen molar-refractivity contribution in [3.05, 3.63) is 0 Å². The maximum absolute atomic E-state index is 6.18. The quantitative estimate of drug-likeness (QED) is 0.599. The normalized spacial score (nSPS) is 30.7. The molecule has 1 aliphatic heterocycles. The van der Waals surface area contributed by atoms with Crippen molar-refractivity contribution >= 4 is 17.8 Å². The Morgan fingerprint density at radius 3 is 1.80 bits per heavy atom. The van der Waals surface area contributed by atoms with Gasteiger partial charge in [-0.1, -0.05) is 50.8 Å². The molecular formula is C13H25PS. The summed E-state index contributed by atoms with van der Waals surface area (Å²) >= 11 is 6.18. The van der Waals surface area contributed by atoms with Crippen LogP contribution in [-0.2, 0) is 11.8 Å². The maximum Gasteiger partial charge on any atom is -0.00324 e. The highest BCUT2D eigenvalue weighted by molar-refractivity contribution is 8.15. The first-order valence-corrected chi connectivity index (χ1v) is 9.92. The Morgan fingerprint density at radius 2 is 1.27 bits per heavy atom. The lowest BCUT2D eigenvalue weighted by Gasteiger charge is -2.44. The molecule has 0 nitrogen and oxygen atoms in total. The summed E-state index contributed by atoms with van der Waals surface area (Å²) in [5, 5.41) is 0.602. The summed E-state index contributed by atoms with van der Waals surface area (Å²) in [6.07, 6.45) is 15.9. The average molecular weight is 244 g/mol. The van der Waals surface area contributed by atoms with E-state index in [-0.39, 0.29) is 0 Å². The van der Waals surface area contributed by atoms with Gasteiger partial charge in [0.2, 0.25) is 0 Å². The van der Waals surface area contributed by atoms with Crippen LogP contribution in [0.25, 0.3) is 0 Å². The van der Waals surface area contributed by atoms with Crippen LogP contribution in [0.5, 0.6) is 0 Å². The lowest BCUT2D eigenvalue weighted by atomic mass is 9.90. The number of rotatable bonds is 1. The van der Waals surface area contributed by atoms with Crippen molar-refractivity contribution in [2.45, 2.75) is 69.9 Å². The fourth-order valence-corrected chi connectivity index (χ4v) is 8.69. The van der Waals surface area contributed by atoms with E-state index in [1.807, 2.05) is 0 Å². The monoisotopic (exact) mass is 244 g/mol. The van der Waals surface area contributed by atoms with Gasteiger partial charge in [-0.15, -0.1) is 0 Å². The van der Waals surface area contributed by atoms with E-state index in [4.69, 9.17) is 11.8 Å². The molecule has 1 aliphatic carbocycles. The van der Waals surface area contributed by atoms with Crippen molar-refractivity contribution in [3.63, 3.8) is 0 Å². The highest BCUT2D eigenvalue weighted by Gasteiger charge is 2.40. The summed E-state index contributed by atoms with van der Waals surface area (Å²) in [7, 11) is 0. The molecule has 0 bridgehead atoms. The molecule has 1 saturated carbocycles. The van der Waals surface area contributed by atoms with Gasteiger partial charge in [0.1, 0.15) is 0 Å². The van der Waals surface area contributed by atoms with E-state index in [9.17, 15) is 0 Å². The molecule has 0 radical (unpaired) electrons. The second-order valence-electron chi connectivity index (χ2n) is 5.81. The zero-order valence-corrected chi connectivity index (χ0v) is 11.8. The predicted octanol–water partition coefficient (Wildman–Crippen LogP) is 4.76. The van der Waals surface area contributed by atoms with E-state index < -0.39 is 6.04 Å². The van der Waals surface area contributed by atoms with Crippen molar-refractivity contribution < 1.29 is 0 Å². The summed E-state index contributed by atoms with van der Waals surface area (Å²) in [4.78, 5) is 0. The van der Waals surface area contributed by atoms with Gasteiger partial charge in [-0.2, -0.15) is 0 Å². The van der Waals surface area contributed by atoms with Crippen LogP contribution in [-0.4, -0.2) is 17.5 Å². The first-order chi connectivity index (χ1) is 7.16. The van der Waals surface area contributed by atoms with Crippen LogP contribution in [0.1, 0.15) is 64.7 Å². The van der Waals surface area contributed by atoms with Gasteiger partial charge in [-0.25, -0.2) is 0 Å². The Morgan fingerprint density at radius 1 is 0.800 bits per heavy atom. The van der Waals surface area contributed by atoms with Gasteiger partial charge >= 0.3 is 0 Å². The van der Waals surface area contributed by atoms with E-state index >= 15 is 0 Å². The molecule has 0 aromatic heterocycles. The zero-order chi connectivity index (χ0) is 10.8. The average Bonchev–Trinajstić information content (AvgIpc) is 2.45. The third-order valence-electron chi connectivity index (χ3n) is 4.70. The van der Waals surface area contributed by atoms with Gasteiger partial charge < -0.3 is 0 Å². The van der Waals surface area contributed by atoms with E-state index in [0.29, 0.717) is 5.16 Å². The Bertz CT molecular complexity index is 241. The standard InChI is InChI=1S/C13H25PS/c1-13(9-5-4-6-10-13)14(15)11-7-2-3-8-12-14/h2-12H2,1H3. The highest BCUT2D eigenvalue weighted by atomic mass is 32.4. The Hall–Kier alpha value is 0.650. The van der Waals surface area contributed by atoms with Gasteiger partial charge in [0, 0.05) is 0 Å². The molecule has 2 rings (SSSR count). The van der Waals surface area contributed by atoms with Crippen LogP contribution in [0.4, 0.5) is 0 Å². The minimum absolute atomic E-state index is 0.602. The third kappa shape index (κ3) is 2.50. The van der Waals surface area contributed by atoms with Crippen LogP contribution in [0.2, 0.25) is 0 Å². The molecule has 2 fully saturated rings. The number of hydrogen-bond acceptors (Lipinski definition) is 1. The summed E-state index contributed by atoms with van der Waals surface area (Å²) in [6.45, 7) is 2.54. The fraction of sp³-hybridized carbons (Fsp3) is 1.00. The van der Waals surface area contributed by atoms with Crippen molar-refractivity contribution in [2.24, 2.45) is 0 Å². The molecule has 0 spiro atoms. The second kappa shape index (κ2) is 4.88. The second-order valence-corrected chi connectivity index (χ2v) is 11.7. The molecule has 1 heterocycles. The Labute approximate surface area is 100 Å². The first kappa shape index (κ1) is 12.1. The van der Waals surface area contributed by atoms with Gasteiger partial charge in [0.05, 0.1) is 0 Å². The molecule has 1 saturated heterocycles. The molecule has 0 N–H and O–H groups in total. The molecular weight excluding hydrogens is 219 g/mol. The summed E-state index contributed by atoms with van der Waals surface area (Å²) in [5.41, 5.74) is 0. The van der Waals surface area contributed by atoms with Crippen LogP contribution in [0.3, 0.4) is 0 Å². The lowest BCUT2D eigenvalue weighted by Crippen LogP contribution is -2.29. The Balaban J connectivity index is 2.14. The van der Waals surface area contributed by atoms with Crippen molar-refractivity contribution in [2.75, 3.05) is 12.3 Å². The van der Waals surface area contributed by atoms with Crippen molar-refractivity contribution in [3.8, 4) is 0 Å². The van der Waals surface area contributed by atoms with E-state index in [1.165, 1.54) is 70.1 Å². The predicted molar refractivity (Wildman–Crippen MR) is 74.0 cm³/mol. The molecule has 2 aliphatic rings. The smallest absolute Gasteiger partial charge is 0.00324 e. The molecule has 0 aromatic carbocycles. The van der Waals surface area contributed by atoms with Crippen molar-refractivity contribution in [1.82, 2.24) is 0 Å². The summed E-state index contributed by atoms with van der Waals surface area (Å²) in [5.74, 6) is 0. The topological polar surface area (TPSA) is 0 Å². The maximum atomic E-state index is 6.18.